The summed E-state index contributed by atoms with van der Waals surface area (Å²) >= 11 is 5.97. The summed E-state index contributed by atoms with van der Waals surface area (Å²) in [6.45, 7) is 0. The third-order valence-corrected chi connectivity index (χ3v) is 5.46. The van der Waals surface area contributed by atoms with Gasteiger partial charge in [-0.2, -0.15) is 13.7 Å². The Hall–Kier alpha value is -2.03. The number of hydrogen-bond acceptors (Lipinski definition) is 6. The number of hydrogen-bond donors (Lipinski definition) is 1. The molecule has 1 aliphatic rings. The number of para-hydroxylation sites is 1. The highest BCUT2D eigenvalue weighted by molar-refractivity contribution is 9.10. The SMILES string of the molecule is O=C1N=C(Nc2ccccc2Br)S/C1=C\c1ccc2nsnc2c1. The molecule has 0 aliphatic carbocycles. The number of carbonyl (C=O) groups excluding carboxylic acids is 1. The molecule has 5 nitrogen and oxygen atoms in total. The van der Waals surface area contributed by atoms with Crippen molar-refractivity contribution in [2.24, 2.45) is 4.99 Å². The Labute approximate surface area is 154 Å². The predicted molar refractivity (Wildman–Crippen MR) is 103 cm³/mol. The second kappa shape index (κ2) is 6.46. The third-order valence-electron chi connectivity index (χ3n) is 3.31. The number of amidine groups is 1. The summed E-state index contributed by atoms with van der Waals surface area (Å²) in [5, 5.41) is 3.73. The number of benzene rings is 2. The molecule has 0 saturated heterocycles. The molecule has 0 bridgehead atoms. The zero-order valence-corrected chi connectivity index (χ0v) is 15.3. The van der Waals surface area contributed by atoms with E-state index in [2.05, 4.69) is 35.0 Å². The van der Waals surface area contributed by atoms with E-state index in [1.807, 2.05) is 48.5 Å². The molecule has 0 atom stereocenters. The molecular formula is C16H9BrN4OS2. The van der Waals surface area contributed by atoms with Crippen LogP contribution in [0.3, 0.4) is 0 Å². The summed E-state index contributed by atoms with van der Waals surface area (Å²) < 4.78 is 9.31. The van der Waals surface area contributed by atoms with Crippen molar-refractivity contribution < 1.29 is 4.79 Å². The Bertz CT molecular complexity index is 1010. The molecule has 1 N–H and O–H groups in total. The van der Waals surface area contributed by atoms with Crippen LogP contribution in [-0.2, 0) is 4.79 Å². The molecule has 0 spiro atoms. The zero-order valence-electron chi connectivity index (χ0n) is 12.1. The molecule has 0 saturated carbocycles. The minimum atomic E-state index is -0.244. The number of nitrogens with zero attached hydrogens (tertiary/aromatic N) is 3. The fourth-order valence-electron chi connectivity index (χ4n) is 2.18. The lowest BCUT2D eigenvalue weighted by Crippen LogP contribution is -2.05. The predicted octanol–water partition coefficient (Wildman–Crippen LogP) is 4.54. The minimum Gasteiger partial charge on any atom is -0.333 e. The van der Waals surface area contributed by atoms with Crippen molar-refractivity contribution in [3.63, 3.8) is 0 Å². The Morgan fingerprint density at radius 2 is 1.92 bits per heavy atom. The van der Waals surface area contributed by atoms with Gasteiger partial charge in [-0.1, -0.05) is 18.2 Å². The average Bonchev–Trinajstić information content (AvgIpc) is 3.16. The minimum absolute atomic E-state index is 0.244. The molecule has 3 aromatic rings. The van der Waals surface area contributed by atoms with Gasteiger partial charge in [-0.05, 0) is 63.6 Å². The monoisotopic (exact) mass is 416 g/mol. The van der Waals surface area contributed by atoms with Crippen LogP contribution in [0.5, 0.6) is 0 Å². The molecule has 118 valence electrons. The van der Waals surface area contributed by atoms with Crippen LogP contribution in [-0.4, -0.2) is 19.8 Å². The van der Waals surface area contributed by atoms with Crippen LogP contribution < -0.4 is 5.32 Å². The van der Waals surface area contributed by atoms with Gasteiger partial charge in [0.05, 0.1) is 22.3 Å². The maximum absolute atomic E-state index is 12.1. The first-order valence-electron chi connectivity index (χ1n) is 6.95. The fraction of sp³-hybridized carbons (Fsp3) is 0. The molecule has 1 aromatic heterocycles. The van der Waals surface area contributed by atoms with Gasteiger partial charge in [0.1, 0.15) is 11.0 Å². The Morgan fingerprint density at radius 1 is 1.08 bits per heavy atom. The number of aromatic nitrogens is 2. The standard InChI is InChI=1S/C16H9BrN4OS2/c17-10-3-1-2-4-11(10)18-16-19-15(22)14(23-16)8-9-5-6-12-13(7-9)21-24-20-12/h1-8H,(H,18,19,22)/b14-8-. The lowest BCUT2D eigenvalue weighted by molar-refractivity contribution is -0.113. The zero-order chi connectivity index (χ0) is 16.5. The van der Waals surface area contributed by atoms with Crippen molar-refractivity contribution in [2.45, 2.75) is 0 Å². The average molecular weight is 417 g/mol. The van der Waals surface area contributed by atoms with Crippen LogP contribution in [0, 0.1) is 0 Å². The highest BCUT2D eigenvalue weighted by atomic mass is 79.9. The Kier molecular flexibility index (Phi) is 4.17. The van der Waals surface area contributed by atoms with Crippen molar-refractivity contribution in [1.29, 1.82) is 0 Å². The van der Waals surface area contributed by atoms with Crippen molar-refractivity contribution in [3.8, 4) is 0 Å². The third kappa shape index (κ3) is 3.12. The number of aliphatic imine (C=N–C) groups is 1. The van der Waals surface area contributed by atoms with Gasteiger partial charge in [0, 0.05) is 4.47 Å². The number of nitrogens with one attached hydrogen (secondary N) is 1. The molecule has 0 fully saturated rings. The second-order valence-corrected chi connectivity index (χ2v) is 7.36. The quantitative estimate of drug-likeness (QED) is 0.621. The first-order valence-corrected chi connectivity index (χ1v) is 9.29. The smallest absolute Gasteiger partial charge is 0.286 e. The van der Waals surface area contributed by atoms with E-state index in [1.165, 1.54) is 23.5 Å². The van der Waals surface area contributed by atoms with Crippen LogP contribution in [0.4, 0.5) is 5.69 Å². The van der Waals surface area contributed by atoms with Crippen LogP contribution in [0.2, 0.25) is 0 Å². The van der Waals surface area contributed by atoms with Crippen molar-refractivity contribution in [1.82, 2.24) is 8.75 Å². The largest absolute Gasteiger partial charge is 0.333 e. The summed E-state index contributed by atoms with van der Waals surface area (Å²) in [5.74, 6) is -0.244. The first kappa shape index (κ1) is 15.5. The van der Waals surface area contributed by atoms with Crippen LogP contribution >= 0.6 is 39.4 Å². The summed E-state index contributed by atoms with van der Waals surface area (Å²) in [6, 6.07) is 13.4. The van der Waals surface area contributed by atoms with Crippen LogP contribution in [0.1, 0.15) is 5.56 Å². The van der Waals surface area contributed by atoms with E-state index in [0.29, 0.717) is 10.1 Å². The number of rotatable bonds is 2. The first-order chi connectivity index (χ1) is 11.7. The molecular weight excluding hydrogens is 408 g/mol. The summed E-state index contributed by atoms with van der Waals surface area (Å²) in [4.78, 5) is 16.8. The van der Waals surface area contributed by atoms with E-state index in [-0.39, 0.29) is 5.91 Å². The van der Waals surface area contributed by atoms with Gasteiger partial charge in [0.25, 0.3) is 5.91 Å². The number of fused-ring (bicyclic) bond motifs is 1. The molecule has 0 unspecified atom stereocenters. The van der Waals surface area contributed by atoms with E-state index in [9.17, 15) is 4.79 Å². The topological polar surface area (TPSA) is 67.2 Å². The summed E-state index contributed by atoms with van der Waals surface area (Å²) in [7, 11) is 0. The normalized spacial score (nSPS) is 16.0. The van der Waals surface area contributed by atoms with E-state index < -0.39 is 0 Å². The second-order valence-electron chi connectivity index (χ2n) is 4.95. The lowest BCUT2D eigenvalue weighted by atomic mass is 10.2. The van der Waals surface area contributed by atoms with Gasteiger partial charge in [-0.25, -0.2) is 0 Å². The lowest BCUT2D eigenvalue weighted by Gasteiger charge is -2.06. The van der Waals surface area contributed by atoms with E-state index in [1.54, 1.807) is 0 Å². The van der Waals surface area contributed by atoms with Crippen LogP contribution in [0.15, 0.2) is 56.8 Å². The van der Waals surface area contributed by atoms with Gasteiger partial charge in [-0.3, -0.25) is 4.79 Å². The van der Waals surface area contributed by atoms with E-state index in [0.717, 1.165) is 26.8 Å². The van der Waals surface area contributed by atoms with Gasteiger partial charge < -0.3 is 5.32 Å². The number of halogens is 1. The summed E-state index contributed by atoms with van der Waals surface area (Å²) in [5.41, 5.74) is 3.47. The highest BCUT2D eigenvalue weighted by Gasteiger charge is 2.22. The molecule has 2 heterocycles. The van der Waals surface area contributed by atoms with Crippen molar-refractivity contribution in [3.05, 3.63) is 57.4 Å². The number of carbonyl (C=O) groups is 1. The Morgan fingerprint density at radius 3 is 2.79 bits per heavy atom. The number of thioether (sulfide) groups is 1. The molecule has 1 amide bonds. The van der Waals surface area contributed by atoms with Gasteiger partial charge in [0.2, 0.25) is 0 Å². The molecule has 0 radical (unpaired) electrons. The van der Waals surface area contributed by atoms with Crippen molar-refractivity contribution in [2.75, 3.05) is 5.32 Å². The summed E-state index contributed by atoms with van der Waals surface area (Å²) in [6.07, 6.45) is 1.82. The molecule has 4 rings (SSSR count). The molecule has 1 aliphatic heterocycles. The van der Waals surface area contributed by atoms with E-state index >= 15 is 0 Å². The fourth-order valence-corrected chi connectivity index (χ4v) is 3.91. The Balaban J connectivity index is 1.56. The maximum Gasteiger partial charge on any atom is 0.286 e. The van der Waals surface area contributed by atoms with Gasteiger partial charge >= 0.3 is 0 Å². The van der Waals surface area contributed by atoms with Crippen LogP contribution in [0.25, 0.3) is 17.1 Å². The molecule has 24 heavy (non-hydrogen) atoms. The highest BCUT2D eigenvalue weighted by Crippen LogP contribution is 2.31. The molecule has 8 heteroatoms. The van der Waals surface area contributed by atoms with Crippen molar-refractivity contribution >= 4 is 73.3 Å². The maximum atomic E-state index is 12.1. The number of amides is 1. The van der Waals surface area contributed by atoms with Gasteiger partial charge in [-0.15, -0.1) is 0 Å². The van der Waals surface area contributed by atoms with E-state index in [4.69, 9.17) is 0 Å². The molecule has 2 aromatic carbocycles. The number of anilines is 1. The van der Waals surface area contributed by atoms with Gasteiger partial charge in [0.15, 0.2) is 5.17 Å².